The van der Waals surface area contributed by atoms with Crippen LogP contribution >= 0.6 is 12.2 Å². The summed E-state index contributed by atoms with van der Waals surface area (Å²) in [4.78, 5) is 5.17. The number of hydrogen-bond donors (Lipinski definition) is 1. The normalized spacial score (nSPS) is 14.1. The zero-order valence-electron chi connectivity index (χ0n) is 11.7. The standard InChI is InChI=1S/C16H19N3S/c1-11-18-14-7-2-3-8-15(14)19(11)10-12-5-4-6-13(9-12)16(17)20/h4-6,9H,2-3,7-8,10H2,1H3,(H2,17,20). The number of imidazole rings is 1. The van der Waals surface area contributed by atoms with Crippen LogP contribution in [-0.4, -0.2) is 14.5 Å². The predicted octanol–water partition coefficient (Wildman–Crippen LogP) is 2.75. The zero-order chi connectivity index (χ0) is 14.1. The highest BCUT2D eigenvalue weighted by molar-refractivity contribution is 7.80. The molecule has 0 saturated heterocycles. The number of aromatic nitrogens is 2. The fourth-order valence-corrected chi connectivity index (χ4v) is 3.08. The van der Waals surface area contributed by atoms with Crippen molar-refractivity contribution in [1.82, 2.24) is 9.55 Å². The molecule has 0 bridgehead atoms. The minimum atomic E-state index is 0.455. The van der Waals surface area contributed by atoms with Crippen LogP contribution < -0.4 is 5.73 Å². The average molecular weight is 285 g/mol. The molecule has 2 N–H and O–H groups in total. The van der Waals surface area contributed by atoms with E-state index < -0.39 is 0 Å². The Kier molecular flexibility index (Phi) is 3.57. The van der Waals surface area contributed by atoms with E-state index in [1.54, 1.807) is 0 Å². The lowest BCUT2D eigenvalue weighted by Crippen LogP contribution is -2.12. The van der Waals surface area contributed by atoms with E-state index in [0.29, 0.717) is 4.99 Å². The van der Waals surface area contributed by atoms with Crippen LogP contribution in [0.2, 0.25) is 0 Å². The largest absolute Gasteiger partial charge is 0.389 e. The molecule has 0 aliphatic heterocycles. The molecule has 0 amide bonds. The van der Waals surface area contributed by atoms with Crippen molar-refractivity contribution in [1.29, 1.82) is 0 Å². The second kappa shape index (κ2) is 5.37. The van der Waals surface area contributed by atoms with Gasteiger partial charge in [0.1, 0.15) is 10.8 Å². The minimum Gasteiger partial charge on any atom is -0.389 e. The molecule has 0 saturated carbocycles. The van der Waals surface area contributed by atoms with Gasteiger partial charge in [0, 0.05) is 17.8 Å². The first kappa shape index (κ1) is 13.3. The Labute approximate surface area is 124 Å². The number of hydrogen-bond acceptors (Lipinski definition) is 2. The van der Waals surface area contributed by atoms with E-state index in [4.69, 9.17) is 22.9 Å². The monoisotopic (exact) mass is 285 g/mol. The highest BCUT2D eigenvalue weighted by Crippen LogP contribution is 2.23. The van der Waals surface area contributed by atoms with Gasteiger partial charge in [-0.05, 0) is 44.2 Å². The highest BCUT2D eigenvalue weighted by atomic mass is 32.1. The first-order valence-corrected chi connectivity index (χ1v) is 7.49. The van der Waals surface area contributed by atoms with Gasteiger partial charge in [0.25, 0.3) is 0 Å². The quantitative estimate of drug-likeness (QED) is 0.882. The lowest BCUT2D eigenvalue weighted by Gasteiger charge is -2.15. The summed E-state index contributed by atoms with van der Waals surface area (Å²) >= 11 is 5.05. The van der Waals surface area contributed by atoms with Crippen LogP contribution in [0.3, 0.4) is 0 Å². The van der Waals surface area contributed by atoms with E-state index in [2.05, 4.69) is 23.6 Å². The van der Waals surface area contributed by atoms with Crippen LogP contribution in [0.4, 0.5) is 0 Å². The SMILES string of the molecule is Cc1nc2c(n1Cc1cccc(C(N)=S)c1)CCCC2. The van der Waals surface area contributed by atoms with Crippen LogP contribution in [-0.2, 0) is 19.4 Å². The predicted molar refractivity (Wildman–Crippen MR) is 85.0 cm³/mol. The summed E-state index contributed by atoms with van der Waals surface area (Å²) in [5.74, 6) is 1.11. The summed E-state index contributed by atoms with van der Waals surface area (Å²) in [6, 6.07) is 8.18. The molecule has 2 aromatic rings. The molecule has 0 spiro atoms. The van der Waals surface area contributed by atoms with Crippen LogP contribution in [0.15, 0.2) is 24.3 Å². The van der Waals surface area contributed by atoms with Crippen molar-refractivity contribution in [2.75, 3.05) is 0 Å². The smallest absolute Gasteiger partial charge is 0.106 e. The summed E-state index contributed by atoms with van der Waals surface area (Å²) < 4.78 is 2.34. The molecule has 3 nitrogen and oxygen atoms in total. The molecular weight excluding hydrogens is 266 g/mol. The van der Waals surface area contributed by atoms with Crippen molar-refractivity contribution in [3.63, 3.8) is 0 Å². The number of rotatable bonds is 3. The molecule has 0 atom stereocenters. The van der Waals surface area contributed by atoms with Crippen molar-refractivity contribution in [2.45, 2.75) is 39.2 Å². The number of thiocarbonyl (C=S) groups is 1. The van der Waals surface area contributed by atoms with Crippen LogP contribution in [0.1, 0.15) is 41.2 Å². The Morgan fingerprint density at radius 1 is 1.35 bits per heavy atom. The van der Waals surface area contributed by atoms with E-state index in [0.717, 1.165) is 30.8 Å². The third-order valence-electron chi connectivity index (χ3n) is 3.98. The van der Waals surface area contributed by atoms with Crippen molar-refractivity contribution in [3.05, 3.63) is 52.6 Å². The molecule has 1 aliphatic carbocycles. The van der Waals surface area contributed by atoms with Gasteiger partial charge in [-0.1, -0.05) is 30.4 Å². The second-order valence-corrected chi connectivity index (χ2v) is 5.85. The van der Waals surface area contributed by atoms with E-state index >= 15 is 0 Å². The van der Waals surface area contributed by atoms with Gasteiger partial charge in [0.05, 0.1) is 5.69 Å². The van der Waals surface area contributed by atoms with Crippen molar-refractivity contribution in [2.24, 2.45) is 5.73 Å². The zero-order valence-corrected chi connectivity index (χ0v) is 12.5. The van der Waals surface area contributed by atoms with E-state index in [-0.39, 0.29) is 0 Å². The molecule has 1 heterocycles. The molecular formula is C16H19N3S. The van der Waals surface area contributed by atoms with Crippen LogP contribution in [0, 0.1) is 6.92 Å². The molecule has 0 fully saturated rings. The molecule has 1 aromatic heterocycles. The summed E-state index contributed by atoms with van der Waals surface area (Å²) in [5.41, 5.74) is 10.6. The molecule has 20 heavy (non-hydrogen) atoms. The Bertz CT molecular complexity index is 658. The molecule has 104 valence electrons. The summed E-state index contributed by atoms with van der Waals surface area (Å²) in [7, 11) is 0. The van der Waals surface area contributed by atoms with Crippen molar-refractivity contribution in [3.8, 4) is 0 Å². The van der Waals surface area contributed by atoms with E-state index in [1.165, 1.54) is 29.8 Å². The highest BCUT2D eigenvalue weighted by Gasteiger charge is 2.18. The first-order chi connectivity index (χ1) is 9.65. The number of nitrogens with two attached hydrogens (primary N) is 1. The Balaban J connectivity index is 1.93. The molecule has 0 radical (unpaired) electrons. The van der Waals surface area contributed by atoms with E-state index in [9.17, 15) is 0 Å². The van der Waals surface area contributed by atoms with Gasteiger partial charge < -0.3 is 10.3 Å². The molecule has 4 heteroatoms. The van der Waals surface area contributed by atoms with E-state index in [1.807, 2.05) is 12.1 Å². The van der Waals surface area contributed by atoms with Gasteiger partial charge in [-0.15, -0.1) is 0 Å². The summed E-state index contributed by atoms with van der Waals surface area (Å²) in [6.07, 6.45) is 4.80. The topological polar surface area (TPSA) is 43.8 Å². The number of fused-ring (bicyclic) bond motifs is 1. The van der Waals surface area contributed by atoms with Crippen molar-refractivity contribution < 1.29 is 0 Å². The second-order valence-electron chi connectivity index (χ2n) is 5.41. The number of nitrogens with zero attached hydrogens (tertiary/aromatic N) is 2. The number of benzene rings is 1. The minimum absolute atomic E-state index is 0.455. The van der Waals surface area contributed by atoms with Gasteiger partial charge in [0.2, 0.25) is 0 Å². The lowest BCUT2D eigenvalue weighted by atomic mass is 10.0. The summed E-state index contributed by atoms with van der Waals surface area (Å²) in [5, 5.41) is 0. The molecule has 3 rings (SSSR count). The maximum absolute atomic E-state index is 5.71. The third kappa shape index (κ3) is 2.48. The fraction of sp³-hybridized carbons (Fsp3) is 0.375. The fourth-order valence-electron chi connectivity index (χ4n) is 2.95. The Hall–Kier alpha value is -1.68. The van der Waals surface area contributed by atoms with Gasteiger partial charge in [-0.3, -0.25) is 0 Å². The van der Waals surface area contributed by atoms with Crippen LogP contribution in [0.5, 0.6) is 0 Å². The average Bonchev–Trinajstić information content (AvgIpc) is 2.76. The molecule has 1 aromatic carbocycles. The summed E-state index contributed by atoms with van der Waals surface area (Å²) in [6.45, 7) is 2.94. The lowest BCUT2D eigenvalue weighted by molar-refractivity contribution is 0.624. The first-order valence-electron chi connectivity index (χ1n) is 7.09. The maximum Gasteiger partial charge on any atom is 0.106 e. The Morgan fingerprint density at radius 3 is 2.95 bits per heavy atom. The van der Waals surface area contributed by atoms with Gasteiger partial charge in [-0.2, -0.15) is 0 Å². The molecule has 1 aliphatic rings. The van der Waals surface area contributed by atoms with Gasteiger partial charge in [-0.25, -0.2) is 4.98 Å². The van der Waals surface area contributed by atoms with Crippen LogP contribution in [0.25, 0.3) is 0 Å². The molecule has 0 unspecified atom stereocenters. The van der Waals surface area contributed by atoms with Crippen molar-refractivity contribution >= 4 is 17.2 Å². The maximum atomic E-state index is 5.71. The third-order valence-corrected chi connectivity index (χ3v) is 4.21. The van der Waals surface area contributed by atoms with Gasteiger partial charge >= 0.3 is 0 Å². The number of aryl methyl sites for hydroxylation is 2. The Morgan fingerprint density at radius 2 is 2.15 bits per heavy atom. The van der Waals surface area contributed by atoms with Gasteiger partial charge in [0.15, 0.2) is 0 Å².